The van der Waals surface area contributed by atoms with Crippen LogP contribution in [-0.4, -0.2) is 5.17 Å². The maximum atomic E-state index is 13.0. The fraction of sp³-hybridized carbons (Fsp3) is 0.125. The Labute approximate surface area is 74.3 Å². The Bertz CT molecular complexity index is 340. The predicted molar refractivity (Wildman–Crippen MR) is 46.5 cm³/mol. The molecule has 12 heavy (non-hydrogen) atoms. The average molecular weight is 183 g/mol. The van der Waals surface area contributed by atoms with Gasteiger partial charge in [0.15, 0.2) is 11.6 Å². The number of hydrogen-bond donors (Lipinski definition) is 1. The number of thiocarbonyl (C=S) groups is 1. The lowest BCUT2D eigenvalue weighted by molar-refractivity contribution is 0.453. The summed E-state index contributed by atoms with van der Waals surface area (Å²) in [6.07, 6.45) is 0. The Balaban J connectivity index is 2.50. The number of hydrogen-bond acceptors (Lipinski definition) is 2. The molecule has 1 aromatic carbocycles. The van der Waals surface area contributed by atoms with Crippen LogP contribution in [0, 0.1) is 5.82 Å². The van der Waals surface area contributed by atoms with E-state index in [-0.39, 0.29) is 16.7 Å². The molecule has 0 radical (unpaired) electrons. The minimum atomic E-state index is -0.364. The van der Waals surface area contributed by atoms with Crippen LogP contribution in [0.5, 0.6) is 5.75 Å². The maximum absolute atomic E-state index is 13.0. The normalized spacial score (nSPS) is 14.6. The van der Waals surface area contributed by atoms with Crippen LogP contribution < -0.4 is 10.1 Å². The van der Waals surface area contributed by atoms with Crippen LogP contribution in [0.1, 0.15) is 5.56 Å². The first kappa shape index (κ1) is 7.49. The Morgan fingerprint density at radius 3 is 3.17 bits per heavy atom. The van der Waals surface area contributed by atoms with Crippen molar-refractivity contribution in [3.63, 3.8) is 0 Å². The number of para-hydroxylation sites is 1. The molecule has 62 valence electrons. The van der Waals surface area contributed by atoms with Crippen LogP contribution in [-0.2, 0) is 6.54 Å². The molecule has 2 nitrogen and oxygen atoms in total. The molecule has 1 aromatic rings. The van der Waals surface area contributed by atoms with Crippen LogP contribution in [0.15, 0.2) is 18.2 Å². The summed E-state index contributed by atoms with van der Waals surface area (Å²) in [5.74, 6) is -0.113. The lowest BCUT2D eigenvalue weighted by Crippen LogP contribution is -2.31. The topological polar surface area (TPSA) is 21.3 Å². The SMILES string of the molecule is Fc1cccc2c1OC(=S)NC2. The molecule has 0 atom stereocenters. The highest BCUT2D eigenvalue weighted by molar-refractivity contribution is 7.80. The smallest absolute Gasteiger partial charge is 0.262 e. The monoisotopic (exact) mass is 183 g/mol. The molecule has 0 aromatic heterocycles. The van der Waals surface area contributed by atoms with Crippen molar-refractivity contribution in [3.8, 4) is 5.75 Å². The minimum absolute atomic E-state index is 0.229. The third-order valence-electron chi connectivity index (χ3n) is 1.67. The Hall–Kier alpha value is -1.16. The standard InChI is InChI=1S/C8H6FNOS/c9-6-3-1-2-5-4-10-8(12)11-7(5)6/h1-3H,4H2,(H,10,12). The molecule has 0 fully saturated rings. The lowest BCUT2D eigenvalue weighted by Gasteiger charge is -2.18. The molecule has 4 heteroatoms. The van der Waals surface area contributed by atoms with E-state index in [1.54, 1.807) is 12.1 Å². The van der Waals surface area contributed by atoms with Crippen molar-refractivity contribution in [2.75, 3.05) is 0 Å². The van der Waals surface area contributed by atoms with Gasteiger partial charge in [0, 0.05) is 12.1 Å². The summed E-state index contributed by atoms with van der Waals surface area (Å²) in [5.41, 5.74) is 0.795. The zero-order chi connectivity index (χ0) is 8.55. The van der Waals surface area contributed by atoms with Crippen molar-refractivity contribution in [1.82, 2.24) is 5.32 Å². The fourth-order valence-corrected chi connectivity index (χ4v) is 1.26. The zero-order valence-electron chi connectivity index (χ0n) is 6.13. The Morgan fingerprint density at radius 1 is 1.50 bits per heavy atom. The molecule has 0 unspecified atom stereocenters. The summed E-state index contributed by atoms with van der Waals surface area (Å²) in [5, 5.41) is 3.04. The molecule has 0 spiro atoms. The Morgan fingerprint density at radius 2 is 2.33 bits per heavy atom. The molecular formula is C8H6FNOS. The van der Waals surface area contributed by atoms with Crippen LogP contribution in [0.25, 0.3) is 0 Å². The van der Waals surface area contributed by atoms with E-state index in [1.165, 1.54) is 6.07 Å². The highest BCUT2D eigenvalue weighted by atomic mass is 32.1. The van der Waals surface area contributed by atoms with Gasteiger partial charge < -0.3 is 10.1 Å². The second-order valence-electron chi connectivity index (χ2n) is 2.47. The number of benzene rings is 1. The first-order valence-corrected chi connectivity index (χ1v) is 3.91. The molecule has 0 amide bonds. The van der Waals surface area contributed by atoms with Gasteiger partial charge in [0.2, 0.25) is 0 Å². The number of fused-ring (bicyclic) bond motifs is 1. The van der Waals surface area contributed by atoms with E-state index in [4.69, 9.17) is 17.0 Å². The van der Waals surface area contributed by atoms with Crippen molar-refractivity contribution in [1.29, 1.82) is 0 Å². The summed E-state index contributed by atoms with van der Waals surface area (Å²) in [6.45, 7) is 0.534. The van der Waals surface area contributed by atoms with Gasteiger partial charge in [-0.1, -0.05) is 12.1 Å². The second-order valence-corrected chi connectivity index (χ2v) is 2.84. The van der Waals surface area contributed by atoms with E-state index >= 15 is 0 Å². The minimum Gasteiger partial charge on any atom is -0.428 e. The number of ether oxygens (including phenoxy) is 1. The van der Waals surface area contributed by atoms with E-state index in [0.717, 1.165) is 5.56 Å². The van der Waals surface area contributed by atoms with Crippen LogP contribution in [0.4, 0.5) is 4.39 Å². The number of halogens is 1. The maximum Gasteiger partial charge on any atom is 0.262 e. The summed E-state index contributed by atoms with van der Waals surface area (Å²) in [4.78, 5) is 0. The highest BCUT2D eigenvalue weighted by Gasteiger charge is 2.16. The van der Waals surface area contributed by atoms with E-state index in [0.29, 0.717) is 6.54 Å². The van der Waals surface area contributed by atoms with E-state index in [1.807, 2.05) is 0 Å². The van der Waals surface area contributed by atoms with Gasteiger partial charge >= 0.3 is 0 Å². The van der Waals surface area contributed by atoms with Crippen molar-refractivity contribution >= 4 is 17.4 Å². The summed E-state index contributed by atoms with van der Waals surface area (Å²) >= 11 is 4.74. The van der Waals surface area contributed by atoms with Gasteiger partial charge in [0.1, 0.15) is 0 Å². The largest absolute Gasteiger partial charge is 0.428 e. The van der Waals surface area contributed by atoms with E-state index in [2.05, 4.69) is 5.32 Å². The summed E-state index contributed by atoms with van der Waals surface area (Å²) < 4.78 is 18.0. The molecule has 2 rings (SSSR count). The summed E-state index contributed by atoms with van der Waals surface area (Å²) in [6, 6.07) is 4.80. The van der Waals surface area contributed by atoms with Gasteiger partial charge in [0.05, 0.1) is 0 Å². The molecule has 0 aliphatic carbocycles. The van der Waals surface area contributed by atoms with Gasteiger partial charge in [0.25, 0.3) is 5.17 Å². The first-order chi connectivity index (χ1) is 5.77. The highest BCUT2D eigenvalue weighted by Crippen LogP contribution is 2.24. The zero-order valence-corrected chi connectivity index (χ0v) is 6.95. The van der Waals surface area contributed by atoms with E-state index < -0.39 is 0 Å². The van der Waals surface area contributed by atoms with E-state index in [9.17, 15) is 4.39 Å². The average Bonchev–Trinajstić information content (AvgIpc) is 2.07. The third-order valence-corrected chi connectivity index (χ3v) is 1.89. The molecular weight excluding hydrogens is 177 g/mol. The molecule has 1 aliphatic heterocycles. The van der Waals surface area contributed by atoms with Crippen molar-refractivity contribution < 1.29 is 9.13 Å². The molecule has 1 heterocycles. The van der Waals surface area contributed by atoms with Crippen molar-refractivity contribution in [2.24, 2.45) is 0 Å². The van der Waals surface area contributed by atoms with Gasteiger partial charge in [-0.05, 0) is 18.3 Å². The fourth-order valence-electron chi connectivity index (χ4n) is 1.10. The van der Waals surface area contributed by atoms with Crippen molar-refractivity contribution in [2.45, 2.75) is 6.54 Å². The number of rotatable bonds is 0. The van der Waals surface area contributed by atoms with Gasteiger partial charge in [-0.2, -0.15) is 0 Å². The van der Waals surface area contributed by atoms with Crippen LogP contribution in [0.2, 0.25) is 0 Å². The van der Waals surface area contributed by atoms with Crippen molar-refractivity contribution in [3.05, 3.63) is 29.6 Å². The van der Waals surface area contributed by atoms with Gasteiger partial charge in [-0.25, -0.2) is 4.39 Å². The Kier molecular flexibility index (Phi) is 1.69. The molecule has 0 saturated carbocycles. The lowest BCUT2D eigenvalue weighted by atomic mass is 10.2. The molecule has 0 saturated heterocycles. The van der Waals surface area contributed by atoms with Gasteiger partial charge in [-0.3, -0.25) is 0 Å². The quantitative estimate of drug-likeness (QED) is 0.617. The van der Waals surface area contributed by atoms with Crippen LogP contribution in [0.3, 0.4) is 0 Å². The van der Waals surface area contributed by atoms with Crippen LogP contribution >= 0.6 is 12.2 Å². The second kappa shape index (κ2) is 2.71. The number of nitrogens with one attached hydrogen (secondary N) is 1. The molecule has 1 aliphatic rings. The molecule has 0 bridgehead atoms. The van der Waals surface area contributed by atoms with Gasteiger partial charge in [-0.15, -0.1) is 0 Å². The summed E-state index contributed by atoms with van der Waals surface area (Å²) in [7, 11) is 0. The predicted octanol–water partition coefficient (Wildman–Crippen LogP) is 1.59. The molecule has 1 N–H and O–H groups in total. The third kappa shape index (κ3) is 1.14. The first-order valence-electron chi connectivity index (χ1n) is 3.50.